The van der Waals surface area contributed by atoms with Gasteiger partial charge in [0, 0.05) is 18.2 Å². The first kappa shape index (κ1) is 13.7. The molecular weight excluding hydrogens is 282 g/mol. The smallest absolute Gasteiger partial charge is 0.265 e. The number of aromatic nitrogens is 3. The summed E-state index contributed by atoms with van der Waals surface area (Å²) in [5.41, 5.74) is 8.23. The van der Waals surface area contributed by atoms with E-state index in [4.69, 9.17) is 5.73 Å². The van der Waals surface area contributed by atoms with Gasteiger partial charge in [0.1, 0.15) is 11.0 Å². The molecule has 0 bridgehead atoms. The number of nitrogens with one attached hydrogen (secondary N) is 1. The first-order valence-corrected chi connectivity index (χ1v) is 6.57. The predicted molar refractivity (Wildman–Crippen MR) is 82.2 cm³/mol. The number of anilines is 2. The van der Waals surface area contributed by atoms with E-state index in [1.54, 1.807) is 42.5 Å². The van der Waals surface area contributed by atoms with Crippen molar-refractivity contribution in [3.8, 4) is 0 Å². The fraction of sp³-hybridized carbons (Fsp3) is 0.0667. The number of carbonyl (C=O) groups excluding carboxylic acids is 2. The van der Waals surface area contributed by atoms with Crippen molar-refractivity contribution in [2.24, 2.45) is 0 Å². The number of nitrogen functional groups attached to an aromatic ring is 1. The van der Waals surface area contributed by atoms with Crippen LogP contribution in [0.5, 0.6) is 0 Å². The average Bonchev–Trinajstić information content (AvgIpc) is 2.96. The lowest BCUT2D eigenvalue weighted by Crippen LogP contribution is -2.35. The highest BCUT2D eigenvalue weighted by atomic mass is 16.2. The Balaban J connectivity index is 2.02. The second-order valence-corrected chi connectivity index (χ2v) is 4.78. The van der Waals surface area contributed by atoms with Crippen molar-refractivity contribution in [1.29, 1.82) is 0 Å². The van der Waals surface area contributed by atoms with Crippen LogP contribution in [-0.4, -0.2) is 27.2 Å². The molecule has 1 heterocycles. The molecule has 0 radical (unpaired) electrons. The fourth-order valence-electron chi connectivity index (χ4n) is 2.17. The number of amides is 2. The minimum atomic E-state index is -0.429. The van der Waals surface area contributed by atoms with Crippen molar-refractivity contribution >= 4 is 34.2 Å². The monoisotopic (exact) mass is 295 g/mol. The molecule has 0 aliphatic carbocycles. The zero-order chi connectivity index (χ0) is 15.7. The zero-order valence-corrected chi connectivity index (χ0v) is 11.8. The standard InChI is InChI=1S/C15H13N5O2/c1-9(21)20(12-5-3-11(16)4-6-12)15(22)10-2-7-13-14(8-10)18-19-17-13/h2-8H,16H2,1H3,(H,17,18,19). The van der Waals surface area contributed by atoms with E-state index in [9.17, 15) is 9.59 Å². The Kier molecular flexibility index (Phi) is 3.30. The number of carbonyl (C=O) groups is 2. The molecule has 0 atom stereocenters. The van der Waals surface area contributed by atoms with Crippen LogP contribution in [-0.2, 0) is 4.79 Å². The van der Waals surface area contributed by atoms with E-state index in [1.165, 1.54) is 6.92 Å². The summed E-state index contributed by atoms with van der Waals surface area (Å²) in [5, 5.41) is 10.4. The lowest BCUT2D eigenvalue weighted by Gasteiger charge is -2.19. The summed E-state index contributed by atoms with van der Waals surface area (Å²) < 4.78 is 0. The quantitative estimate of drug-likeness (QED) is 0.700. The van der Waals surface area contributed by atoms with E-state index >= 15 is 0 Å². The van der Waals surface area contributed by atoms with E-state index in [1.807, 2.05) is 0 Å². The molecule has 110 valence electrons. The van der Waals surface area contributed by atoms with Crippen molar-refractivity contribution in [3.05, 3.63) is 48.0 Å². The number of nitrogens with zero attached hydrogens (tertiary/aromatic N) is 3. The van der Waals surface area contributed by atoms with Crippen molar-refractivity contribution in [2.45, 2.75) is 6.92 Å². The van der Waals surface area contributed by atoms with E-state index in [-0.39, 0.29) is 5.91 Å². The molecule has 1 aromatic heterocycles. The molecule has 0 unspecified atom stereocenters. The van der Waals surface area contributed by atoms with Crippen LogP contribution in [0.15, 0.2) is 42.5 Å². The van der Waals surface area contributed by atoms with Crippen LogP contribution < -0.4 is 10.6 Å². The Morgan fingerprint density at radius 3 is 2.41 bits per heavy atom. The predicted octanol–water partition coefficient (Wildman–Crippen LogP) is 1.73. The van der Waals surface area contributed by atoms with Gasteiger partial charge in [-0.3, -0.25) is 9.59 Å². The normalized spacial score (nSPS) is 10.6. The summed E-state index contributed by atoms with van der Waals surface area (Å²) >= 11 is 0. The van der Waals surface area contributed by atoms with Gasteiger partial charge in [-0.15, -0.1) is 0 Å². The number of nitrogens with two attached hydrogens (primary N) is 1. The highest BCUT2D eigenvalue weighted by Crippen LogP contribution is 2.20. The molecule has 3 aromatic rings. The van der Waals surface area contributed by atoms with E-state index in [0.29, 0.717) is 28.0 Å². The summed E-state index contributed by atoms with van der Waals surface area (Å²) in [6.07, 6.45) is 0. The molecule has 0 saturated carbocycles. The highest BCUT2D eigenvalue weighted by molar-refractivity contribution is 6.21. The summed E-state index contributed by atoms with van der Waals surface area (Å²) in [5.74, 6) is -0.808. The summed E-state index contributed by atoms with van der Waals surface area (Å²) in [4.78, 5) is 25.6. The lowest BCUT2D eigenvalue weighted by atomic mass is 10.1. The van der Waals surface area contributed by atoms with Crippen LogP contribution in [0.2, 0.25) is 0 Å². The van der Waals surface area contributed by atoms with Gasteiger partial charge >= 0.3 is 0 Å². The second kappa shape index (κ2) is 5.28. The first-order valence-electron chi connectivity index (χ1n) is 6.57. The summed E-state index contributed by atoms with van der Waals surface area (Å²) in [7, 11) is 0. The number of aromatic amines is 1. The molecule has 3 rings (SSSR count). The van der Waals surface area contributed by atoms with Crippen molar-refractivity contribution in [1.82, 2.24) is 15.4 Å². The Bertz CT molecular complexity index is 854. The molecule has 3 N–H and O–H groups in total. The Hall–Kier alpha value is -3.22. The SMILES string of the molecule is CC(=O)N(C(=O)c1ccc2n[nH]nc2c1)c1ccc(N)cc1. The van der Waals surface area contributed by atoms with Gasteiger partial charge in [-0.25, -0.2) is 4.90 Å². The van der Waals surface area contributed by atoms with Crippen LogP contribution >= 0.6 is 0 Å². The third-order valence-corrected chi connectivity index (χ3v) is 3.23. The highest BCUT2D eigenvalue weighted by Gasteiger charge is 2.22. The Labute approximate surface area is 125 Å². The van der Waals surface area contributed by atoms with Gasteiger partial charge in [0.25, 0.3) is 5.91 Å². The molecule has 0 aliphatic rings. The van der Waals surface area contributed by atoms with Crippen molar-refractivity contribution in [3.63, 3.8) is 0 Å². The van der Waals surface area contributed by atoms with Crippen LogP contribution in [0.4, 0.5) is 11.4 Å². The maximum atomic E-state index is 12.7. The van der Waals surface area contributed by atoms with Crippen molar-refractivity contribution < 1.29 is 9.59 Å². The van der Waals surface area contributed by atoms with Crippen LogP contribution in [0.3, 0.4) is 0 Å². The third kappa shape index (κ3) is 2.39. The maximum absolute atomic E-state index is 12.7. The fourth-order valence-corrected chi connectivity index (χ4v) is 2.17. The molecule has 0 aliphatic heterocycles. The van der Waals surface area contributed by atoms with Crippen molar-refractivity contribution in [2.75, 3.05) is 10.6 Å². The molecule has 2 amide bonds. The van der Waals surface area contributed by atoms with Gasteiger partial charge in [0.15, 0.2) is 0 Å². The lowest BCUT2D eigenvalue weighted by molar-refractivity contribution is -0.115. The second-order valence-electron chi connectivity index (χ2n) is 4.78. The molecule has 7 heteroatoms. The van der Waals surface area contributed by atoms with Gasteiger partial charge < -0.3 is 5.73 Å². The number of benzene rings is 2. The van der Waals surface area contributed by atoms with E-state index < -0.39 is 5.91 Å². The molecule has 7 nitrogen and oxygen atoms in total. The third-order valence-electron chi connectivity index (χ3n) is 3.23. The van der Waals surface area contributed by atoms with Gasteiger partial charge in [0.2, 0.25) is 5.91 Å². The summed E-state index contributed by atoms with van der Waals surface area (Å²) in [6, 6.07) is 11.4. The molecular formula is C15H13N5O2. The maximum Gasteiger partial charge on any atom is 0.265 e. The molecule has 2 aromatic carbocycles. The van der Waals surface area contributed by atoms with Gasteiger partial charge in [-0.05, 0) is 42.5 Å². The van der Waals surface area contributed by atoms with Crippen LogP contribution in [0.25, 0.3) is 11.0 Å². The van der Waals surface area contributed by atoms with Crippen LogP contribution in [0, 0.1) is 0 Å². The average molecular weight is 295 g/mol. The summed E-state index contributed by atoms with van der Waals surface area (Å²) in [6.45, 7) is 1.34. The molecule has 0 fully saturated rings. The number of rotatable bonds is 2. The number of H-pyrrole nitrogens is 1. The van der Waals surface area contributed by atoms with Gasteiger partial charge in [-0.2, -0.15) is 15.4 Å². The molecule has 22 heavy (non-hydrogen) atoms. The molecule has 0 saturated heterocycles. The number of fused-ring (bicyclic) bond motifs is 1. The Morgan fingerprint density at radius 2 is 1.73 bits per heavy atom. The van der Waals surface area contributed by atoms with Gasteiger partial charge in [0.05, 0.1) is 5.69 Å². The number of hydrogen-bond donors (Lipinski definition) is 2. The Morgan fingerprint density at radius 1 is 1.05 bits per heavy atom. The minimum Gasteiger partial charge on any atom is -0.399 e. The minimum absolute atomic E-state index is 0.355. The van der Waals surface area contributed by atoms with Gasteiger partial charge in [-0.1, -0.05) is 0 Å². The zero-order valence-electron chi connectivity index (χ0n) is 11.8. The van der Waals surface area contributed by atoms with Crippen LogP contribution in [0.1, 0.15) is 17.3 Å². The number of hydrogen-bond acceptors (Lipinski definition) is 5. The van der Waals surface area contributed by atoms with E-state index in [0.717, 1.165) is 4.90 Å². The topological polar surface area (TPSA) is 105 Å². The first-order chi connectivity index (χ1) is 10.6. The van der Waals surface area contributed by atoms with E-state index in [2.05, 4.69) is 15.4 Å². The largest absolute Gasteiger partial charge is 0.399 e. The molecule has 0 spiro atoms. The number of imide groups is 1.